The van der Waals surface area contributed by atoms with Crippen LogP contribution in [0, 0.1) is 0 Å². The third-order valence-electron chi connectivity index (χ3n) is 5.06. The molecule has 2 aromatic rings. The number of carbonyl (C=O) groups excluding carboxylic acids is 1. The number of ketones is 1. The summed E-state index contributed by atoms with van der Waals surface area (Å²) >= 11 is 0. The van der Waals surface area contributed by atoms with Gasteiger partial charge in [0.2, 0.25) is 0 Å². The van der Waals surface area contributed by atoms with E-state index in [0.29, 0.717) is 24.5 Å². The van der Waals surface area contributed by atoms with E-state index < -0.39 is 0 Å². The standard InChI is InChI=1S/C27H36O3/c1-4-7-11-19-29-26-18-15-22(6-3)21-23(26)16-17-25(28)24-13-9-10-14-27(24)30-20-12-8-5-2/h9-10,13-18,21H,4-8,11-12,19-20H2,1-3H3. The van der Waals surface area contributed by atoms with Crippen molar-refractivity contribution in [2.24, 2.45) is 0 Å². The van der Waals surface area contributed by atoms with Crippen molar-refractivity contribution in [1.29, 1.82) is 0 Å². The van der Waals surface area contributed by atoms with Crippen LogP contribution in [-0.4, -0.2) is 19.0 Å². The van der Waals surface area contributed by atoms with E-state index in [1.54, 1.807) is 6.08 Å². The molecule has 0 aliphatic rings. The van der Waals surface area contributed by atoms with Gasteiger partial charge in [0, 0.05) is 5.56 Å². The zero-order valence-electron chi connectivity index (χ0n) is 18.8. The van der Waals surface area contributed by atoms with Crippen molar-refractivity contribution in [3.05, 3.63) is 65.2 Å². The second-order valence-electron chi connectivity index (χ2n) is 7.53. The summed E-state index contributed by atoms with van der Waals surface area (Å²) in [6.45, 7) is 7.80. The molecule has 2 rings (SSSR count). The van der Waals surface area contributed by atoms with Crippen molar-refractivity contribution in [3.8, 4) is 11.5 Å². The summed E-state index contributed by atoms with van der Waals surface area (Å²) < 4.78 is 11.9. The molecule has 0 spiro atoms. The fourth-order valence-electron chi connectivity index (χ4n) is 3.20. The zero-order chi connectivity index (χ0) is 21.6. The highest BCUT2D eigenvalue weighted by Crippen LogP contribution is 2.24. The Labute approximate surface area is 182 Å². The van der Waals surface area contributed by atoms with E-state index in [2.05, 4.69) is 32.9 Å². The van der Waals surface area contributed by atoms with Gasteiger partial charge < -0.3 is 9.47 Å². The SMILES string of the molecule is CCCCCOc1ccc(CC)cc1C=CC(=O)c1ccccc1OCCCCC. The van der Waals surface area contributed by atoms with Crippen LogP contribution < -0.4 is 9.47 Å². The lowest BCUT2D eigenvalue weighted by Crippen LogP contribution is -2.03. The third kappa shape index (κ3) is 7.70. The lowest BCUT2D eigenvalue weighted by Gasteiger charge is -2.11. The van der Waals surface area contributed by atoms with Gasteiger partial charge in [-0.2, -0.15) is 0 Å². The summed E-state index contributed by atoms with van der Waals surface area (Å²) in [6.07, 6.45) is 11.1. The Balaban J connectivity index is 2.13. The number of allylic oxidation sites excluding steroid dienone is 1. The molecule has 0 N–H and O–H groups in total. The van der Waals surface area contributed by atoms with Crippen LogP contribution in [0.3, 0.4) is 0 Å². The fraction of sp³-hybridized carbons (Fsp3) is 0.444. The van der Waals surface area contributed by atoms with E-state index >= 15 is 0 Å². The molecule has 30 heavy (non-hydrogen) atoms. The van der Waals surface area contributed by atoms with Gasteiger partial charge in [-0.25, -0.2) is 0 Å². The molecule has 0 radical (unpaired) electrons. The van der Waals surface area contributed by atoms with Gasteiger partial charge in [-0.1, -0.05) is 64.7 Å². The van der Waals surface area contributed by atoms with Gasteiger partial charge in [-0.05, 0) is 61.2 Å². The molecular formula is C27H36O3. The van der Waals surface area contributed by atoms with Crippen LogP contribution >= 0.6 is 0 Å². The molecule has 0 aliphatic heterocycles. The van der Waals surface area contributed by atoms with Crippen molar-refractivity contribution in [3.63, 3.8) is 0 Å². The van der Waals surface area contributed by atoms with Gasteiger partial charge in [0.05, 0.1) is 18.8 Å². The number of benzene rings is 2. The topological polar surface area (TPSA) is 35.5 Å². The Bertz CT molecular complexity index is 808. The van der Waals surface area contributed by atoms with Gasteiger partial charge in [-0.3, -0.25) is 4.79 Å². The summed E-state index contributed by atoms with van der Waals surface area (Å²) in [5.74, 6) is 1.43. The summed E-state index contributed by atoms with van der Waals surface area (Å²) in [6, 6.07) is 13.7. The first-order valence-corrected chi connectivity index (χ1v) is 11.4. The minimum absolute atomic E-state index is 0.0556. The Morgan fingerprint density at radius 3 is 2.17 bits per heavy atom. The van der Waals surface area contributed by atoms with Crippen LogP contribution in [0.4, 0.5) is 0 Å². The number of para-hydroxylation sites is 1. The molecule has 0 unspecified atom stereocenters. The summed E-state index contributed by atoms with van der Waals surface area (Å²) in [7, 11) is 0. The molecule has 0 amide bonds. The van der Waals surface area contributed by atoms with Gasteiger partial charge in [-0.15, -0.1) is 0 Å². The smallest absolute Gasteiger partial charge is 0.189 e. The molecular weight excluding hydrogens is 372 g/mol. The number of rotatable bonds is 14. The highest BCUT2D eigenvalue weighted by Gasteiger charge is 2.10. The Hall–Kier alpha value is -2.55. The minimum atomic E-state index is -0.0556. The van der Waals surface area contributed by atoms with Gasteiger partial charge in [0.1, 0.15) is 11.5 Å². The second kappa shape index (κ2) is 13.6. The minimum Gasteiger partial charge on any atom is -0.493 e. The molecule has 0 bridgehead atoms. The number of carbonyl (C=O) groups is 1. The van der Waals surface area contributed by atoms with Crippen molar-refractivity contribution in [1.82, 2.24) is 0 Å². The van der Waals surface area contributed by atoms with Crippen molar-refractivity contribution in [2.45, 2.75) is 65.7 Å². The Kier molecular flexibility index (Phi) is 10.8. The van der Waals surface area contributed by atoms with E-state index in [1.165, 1.54) is 12.0 Å². The number of ether oxygens (including phenoxy) is 2. The predicted octanol–water partition coefficient (Wildman–Crippen LogP) is 7.28. The van der Waals surface area contributed by atoms with E-state index in [-0.39, 0.29) is 5.78 Å². The van der Waals surface area contributed by atoms with E-state index in [9.17, 15) is 4.79 Å². The molecule has 162 valence electrons. The predicted molar refractivity (Wildman–Crippen MR) is 126 cm³/mol. The zero-order valence-corrected chi connectivity index (χ0v) is 18.8. The number of hydrogen-bond donors (Lipinski definition) is 0. The first-order chi connectivity index (χ1) is 14.7. The molecule has 0 saturated heterocycles. The number of unbranched alkanes of at least 4 members (excludes halogenated alkanes) is 4. The molecule has 0 fully saturated rings. The van der Waals surface area contributed by atoms with Gasteiger partial charge in [0.25, 0.3) is 0 Å². The van der Waals surface area contributed by atoms with Crippen LogP contribution in [0.2, 0.25) is 0 Å². The average Bonchev–Trinajstić information content (AvgIpc) is 2.78. The first kappa shape index (κ1) is 23.7. The highest BCUT2D eigenvalue weighted by molar-refractivity contribution is 6.08. The Morgan fingerprint density at radius 2 is 1.50 bits per heavy atom. The lowest BCUT2D eigenvalue weighted by molar-refractivity contribution is 0.104. The fourth-order valence-corrected chi connectivity index (χ4v) is 3.20. The normalized spacial score (nSPS) is 11.0. The van der Waals surface area contributed by atoms with Crippen LogP contribution in [0.5, 0.6) is 11.5 Å². The van der Waals surface area contributed by atoms with Gasteiger partial charge >= 0.3 is 0 Å². The Morgan fingerprint density at radius 1 is 0.833 bits per heavy atom. The van der Waals surface area contributed by atoms with E-state index in [1.807, 2.05) is 36.4 Å². The van der Waals surface area contributed by atoms with Gasteiger partial charge in [0.15, 0.2) is 5.78 Å². The quantitative estimate of drug-likeness (QED) is 0.187. The van der Waals surface area contributed by atoms with Crippen molar-refractivity contribution >= 4 is 11.9 Å². The summed E-state index contributed by atoms with van der Waals surface area (Å²) in [5.41, 5.74) is 2.77. The van der Waals surface area contributed by atoms with E-state index in [0.717, 1.165) is 49.8 Å². The molecule has 3 heteroatoms. The van der Waals surface area contributed by atoms with Crippen molar-refractivity contribution in [2.75, 3.05) is 13.2 Å². The second-order valence-corrected chi connectivity index (χ2v) is 7.53. The maximum absolute atomic E-state index is 12.9. The molecule has 3 nitrogen and oxygen atoms in total. The number of hydrogen-bond acceptors (Lipinski definition) is 3. The molecule has 0 aliphatic carbocycles. The molecule has 0 heterocycles. The monoisotopic (exact) mass is 408 g/mol. The largest absolute Gasteiger partial charge is 0.493 e. The number of aryl methyl sites for hydroxylation is 1. The maximum Gasteiger partial charge on any atom is 0.189 e. The average molecular weight is 409 g/mol. The van der Waals surface area contributed by atoms with Crippen LogP contribution in [0.1, 0.15) is 80.8 Å². The first-order valence-electron chi connectivity index (χ1n) is 11.4. The molecule has 0 saturated carbocycles. The summed E-state index contributed by atoms with van der Waals surface area (Å²) in [5, 5.41) is 0. The van der Waals surface area contributed by atoms with Crippen LogP contribution in [0.15, 0.2) is 48.5 Å². The highest BCUT2D eigenvalue weighted by atomic mass is 16.5. The van der Waals surface area contributed by atoms with Crippen molar-refractivity contribution < 1.29 is 14.3 Å². The lowest BCUT2D eigenvalue weighted by atomic mass is 10.0. The molecule has 0 aromatic heterocycles. The van der Waals surface area contributed by atoms with Crippen LogP contribution in [-0.2, 0) is 6.42 Å². The maximum atomic E-state index is 12.9. The van der Waals surface area contributed by atoms with E-state index in [4.69, 9.17) is 9.47 Å². The van der Waals surface area contributed by atoms with Crippen LogP contribution in [0.25, 0.3) is 6.08 Å². The third-order valence-corrected chi connectivity index (χ3v) is 5.06. The molecule has 2 aromatic carbocycles. The molecule has 0 atom stereocenters. The summed E-state index contributed by atoms with van der Waals surface area (Å²) in [4.78, 5) is 12.9.